The van der Waals surface area contributed by atoms with Crippen molar-refractivity contribution in [1.29, 1.82) is 0 Å². The average molecular weight is 281 g/mol. The fraction of sp³-hybridized carbons (Fsp3) is 0.154. The summed E-state index contributed by atoms with van der Waals surface area (Å²) in [5.74, 6) is -0.361. The van der Waals surface area contributed by atoms with Crippen molar-refractivity contribution in [2.75, 3.05) is 5.32 Å². The molecule has 104 valence electrons. The molecular weight excluding hydrogens is 271 g/mol. The second kappa shape index (κ2) is 5.68. The first-order valence-electron chi connectivity index (χ1n) is 5.68. The van der Waals surface area contributed by atoms with E-state index < -0.39 is 17.6 Å². The third kappa shape index (κ3) is 3.78. The third-order valence-corrected chi connectivity index (χ3v) is 2.44. The van der Waals surface area contributed by atoms with Crippen molar-refractivity contribution < 1.29 is 18.0 Å². The summed E-state index contributed by atoms with van der Waals surface area (Å²) in [6.45, 7) is 0. The SMILES string of the molecule is O=C(Cc1cccc(C(F)(F)F)c1)Nc1ncccn1. The summed E-state index contributed by atoms with van der Waals surface area (Å²) in [5, 5.41) is 2.41. The summed E-state index contributed by atoms with van der Waals surface area (Å²) in [7, 11) is 0. The van der Waals surface area contributed by atoms with Crippen molar-refractivity contribution in [3.8, 4) is 0 Å². The highest BCUT2D eigenvalue weighted by Gasteiger charge is 2.30. The summed E-state index contributed by atoms with van der Waals surface area (Å²) in [6.07, 6.45) is -1.70. The van der Waals surface area contributed by atoms with Gasteiger partial charge in [0, 0.05) is 12.4 Å². The van der Waals surface area contributed by atoms with Crippen LogP contribution in [0.1, 0.15) is 11.1 Å². The molecule has 0 saturated carbocycles. The number of amides is 1. The predicted molar refractivity (Wildman–Crippen MR) is 65.8 cm³/mol. The monoisotopic (exact) mass is 281 g/mol. The molecule has 2 rings (SSSR count). The molecule has 1 heterocycles. The smallest absolute Gasteiger partial charge is 0.294 e. The standard InChI is InChI=1S/C13H10F3N3O/c14-13(15,16)10-4-1-3-9(7-10)8-11(20)19-12-17-5-2-6-18-12/h1-7H,8H2,(H,17,18,19,20). The first-order valence-corrected chi connectivity index (χ1v) is 5.68. The van der Waals surface area contributed by atoms with E-state index in [2.05, 4.69) is 15.3 Å². The van der Waals surface area contributed by atoms with Gasteiger partial charge in [0.2, 0.25) is 11.9 Å². The van der Waals surface area contributed by atoms with Crippen LogP contribution < -0.4 is 5.32 Å². The van der Waals surface area contributed by atoms with Crippen LogP contribution in [0.4, 0.5) is 19.1 Å². The lowest BCUT2D eigenvalue weighted by atomic mass is 10.1. The van der Waals surface area contributed by atoms with Crippen LogP contribution in [0.3, 0.4) is 0 Å². The number of anilines is 1. The molecule has 0 aliphatic rings. The van der Waals surface area contributed by atoms with E-state index in [4.69, 9.17) is 0 Å². The first-order chi connectivity index (χ1) is 9.45. The zero-order valence-corrected chi connectivity index (χ0v) is 10.2. The number of benzene rings is 1. The number of carbonyl (C=O) groups excluding carboxylic acids is 1. The molecule has 1 aromatic carbocycles. The Morgan fingerprint density at radius 3 is 2.50 bits per heavy atom. The first kappa shape index (κ1) is 14.0. The fourth-order valence-corrected chi connectivity index (χ4v) is 1.58. The van der Waals surface area contributed by atoms with Crippen molar-refractivity contribution in [3.05, 3.63) is 53.9 Å². The number of rotatable bonds is 3. The van der Waals surface area contributed by atoms with E-state index in [0.29, 0.717) is 0 Å². The Hall–Kier alpha value is -2.44. The van der Waals surface area contributed by atoms with Crippen molar-refractivity contribution >= 4 is 11.9 Å². The van der Waals surface area contributed by atoms with Gasteiger partial charge in [0.25, 0.3) is 0 Å². The van der Waals surface area contributed by atoms with Gasteiger partial charge >= 0.3 is 6.18 Å². The summed E-state index contributed by atoms with van der Waals surface area (Å²) >= 11 is 0. The number of halogens is 3. The Morgan fingerprint density at radius 2 is 1.85 bits per heavy atom. The van der Waals surface area contributed by atoms with E-state index in [9.17, 15) is 18.0 Å². The van der Waals surface area contributed by atoms with Gasteiger partial charge in [0.05, 0.1) is 12.0 Å². The van der Waals surface area contributed by atoms with Gasteiger partial charge in [-0.15, -0.1) is 0 Å². The van der Waals surface area contributed by atoms with E-state index in [1.165, 1.54) is 24.5 Å². The van der Waals surface area contributed by atoms with Crippen LogP contribution >= 0.6 is 0 Å². The Balaban J connectivity index is 2.05. The van der Waals surface area contributed by atoms with E-state index in [1.54, 1.807) is 6.07 Å². The number of nitrogens with zero attached hydrogens (tertiary/aromatic N) is 2. The highest BCUT2D eigenvalue weighted by molar-refractivity contribution is 5.90. The van der Waals surface area contributed by atoms with Crippen LogP contribution in [-0.4, -0.2) is 15.9 Å². The maximum absolute atomic E-state index is 12.5. The molecule has 0 spiro atoms. The van der Waals surface area contributed by atoms with E-state index in [0.717, 1.165) is 12.1 Å². The molecule has 20 heavy (non-hydrogen) atoms. The number of carbonyl (C=O) groups is 1. The molecule has 0 radical (unpaired) electrons. The Kier molecular flexibility index (Phi) is 3.97. The van der Waals surface area contributed by atoms with Gasteiger partial charge in [-0.25, -0.2) is 9.97 Å². The lowest BCUT2D eigenvalue weighted by Gasteiger charge is -2.08. The zero-order valence-electron chi connectivity index (χ0n) is 10.2. The average Bonchev–Trinajstić information content (AvgIpc) is 2.39. The number of alkyl halides is 3. The van der Waals surface area contributed by atoms with Crippen LogP contribution in [0.2, 0.25) is 0 Å². The Bertz CT molecular complexity index is 599. The molecule has 2 aromatic rings. The minimum Gasteiger partial charge on any atom is -0.294 e. The Morgan fingerprint density at radius 1 is 1.15 bits per heavy atom. The second-order valence-corrected chi connectivity index (χ2v) is 4.00. The summed E-state index contributed by atoms with van der Waals surface area (Å²) in [6, 6.07) is 6.22. The van der Waals surface area contributed by atoms with Crippen molar-refractivity contribution in [2.24, 2.45) is 0 Å². The number of aromatic nitrogens is 2. The van der Waals surface area contributed by atoms with E-state index in [-0.39, 0.29) is 17.9 Å². The lowest BCUT2D eigenvalue weighted by Crippen LogP contribution is -2.16. The van der Waals surface area contributed by atoms with Crippen LogP contribution in [0.15, 0.2) is 42.7 Å². The number of hydrogen-bond donors (Lipinski definition) is 1. The molecule has 1 amide bonds. The molecule has 0 saturated heterocycles. The molecule has 4 nitrogen and oxygen atoms in total. The molecule has 0 unspecified atom stereocenters. The number of hydrogen-bond acceptors (Lipinski definition) is 3. The molecular formula is C13H10F3N3O. The molecule has 1 N–H and O–H groups in total. The van der Waals surface area contributed by atoms with Gasteiger partial charge < -0.3 is 0 Å². The molecule has 0 bridgehead atoms. The third-order valence-electron chi connectivity index (χ3n) is 2.44. The van der Waals surface area contributed by atoms with Crippen LogP contribution in [0.25, 0.3) is 0 Å². The largest absolute Gasteiger partial charge is 0.416 e. The maximum atomic E-state index is 12.5. The van der Waals surface area contributed by atoms with Gasteiger partial charge in [0.15, 0.2) is 0 Å². The maximum Gasteiger partial charge on any atom is 0.416 e. The second-order valence-electron chi connectivity index (χ2n) is 4.00. The van der Waals surface area contributed by atoms with E-state index >= 15 is 0 Å². The fourth-order valence-electron chi connectivity index (χ4n) is 1.58. The predicted octanol–water partition coefficient (Wildman–Crippen LogP) is 2.68. The van der Waals surface area contributed by atoms with Crippen molar-refractivity contribution in [2.45, 2.75) is 12.6 Å². The molecule has 0 aliphatic carbocycles. The molecule has 0 fully saturated rings. The molecule has 1 aromatic heterocycles. The van der Waals surface area contributed by atoms with Gasteiger partial charge in [-0.2, -0.15) is 13.2 Å². The van der Waals surface area contributed by atoms with Gasteiger partial charge in [-0.1, -0.05) is 18.2 Å². The van der Waals surface area contributed by atoms with Gasteiger partial charge in [0.1, 0.15) is 0 Å². The summed E-state index contributed by atoms with van der Waals surface area (Å²) in [4.78, 5) is 19.3. The highest BCUT2D eigenvalue weighted by Crippen LogP contribution is 2.29. The van der Waals surface area contributed by atoms with Crippen molar-refractivity contribution in [3.63, 3.8) is 0 Å². The zero-order chi connectivity index (χ0) is 14.6. The van der Waals surface area contributed by atoms with Gasteiger partial charge in [-0.05, 0) is 17.7 Å². The lowest BCUT2D eigenvalue weighted by molar-refractivity contribution is -0.137. The quantitative estimate of drug-likeness (QED) is 0.941. The minimum atomic E-state index is -4.42. The topological polar surface area (TPSA) is 54.9 Å². The molecule has 0 atom stereocenters. The summed E-state index contributed by atoms with van der Waals surface area (Å²) < 4.78 is 37.6. The normalized spacial score (nSPS) is 11.2. The molecule has 0 aliphatic heterocycles. The van der Waals surface area contributed by atoms with Gasteiger partial charge in [-0.3, -0.25) is 10.1 Å². The van der Waals surface area contributed by atoms with Crippen LogP contribution in [0, 0.1) is 0 Å². The molecule has 7 heteroatoms. The Labute approximate surface area is 112 Å². The van der Waals surface area contributed by atoms with Crippen molar-refractivity contribution in [1.82, 2.24) is 9.97 Å². The van der Waals surface area contributed by atoms with Crippen LogP contribution in [0.5, 0.6) is 0 Å². The van der Waals surface area contributed by atoms with Crippen LogP contribution in [-0.2, 0) is 17.4 Å². The highest BCUT2D eigenvalue weighted by atomic mass is 19.4. The van der Waals surface area contributed by atoms with E-state index in [1.807, 2.05) is 0 Å². The summed E-state index contributed by atoms with van der Waals surface area (Å²) in [5.41, 5.74) is -0.507. The minimum absolute atomic E-state index is 0.115. The number of nitrogens with one attached hydrogen (secondary N) is 1.